The van der Waals surface area contributed by atoms with Crippen LogP contribution in [0, 0.1) is 0 Å². The Hall–Kier alpha value is -1.99. The van der Waals surface area contributed by atoms with E-state index in [4.69, 9.17) is 11.6 Å². The molecule has 0 amide bonds. The number of tetrazole rings is 1. The molecule has 2 aromatic heterocycles. The molecule has 0 unspecified atom stereocenters. The fourth-order valence-corrected chi connectivity index (χ4v) is 3.02. The number of hydrogen-bond donors (Lipinski definition) is 1. The minimum atomic E-state index is 0.456. The number of nitrogens with one attached hydrogen (secondary N) is 1. The number of aromatic nitrogens is 5. The van der Waals surface area contributed by atoms with Crippen molar-refractivity contribution < 1.29 is 0 Å². The standard InChI is InChI=1S/C14H13ClN6S/c15-11-4-3-10(17-8-13-16-5-6-22-13)7-12(11)21-14(9-1-2-9)18-19-20-21/h3-7,9,17H,1-2,8H2. The van der Waals surface area contributed by atoms with Gasteiger partial charge in [-0.05, 0) is 41.5 Å². The lowest BCUT2D eigenvalue weighted by Gasteiger charge is -2.10. The summed E-state index contributed by atoms with van der Waals surface area (Å²) in [4.78, 5) is 4.26. The van der Waals surface area contributed by atoms with Crippen LogP contribution in [0.25, 0.3) is 5.69 Å². The highest BCUT2D eigenvalue weighted by Gasteiger charge is 2.30. The number of nitrogens with zero attached hydrogens (tertiary/aromatic N) is 5. The molecule has 1 aromatic carbocycles. The monoisotopic (exact) mass is 332 g/mol. The normalized spacial score (nSPS) is 14.2. The molecule has 0 aliphatic heterocycles. The number of rotatable bonds is 5. The second-order valence-electron chi connectivity index (χ2n) is 5.17. The van der Waals surface area contributed by atoms with Gasteiger partial charge in [0.25, 0.3) is 0 Å². The molecule has 22 heavy (non-hydrogen) atoms. The van der Waals surface area contributed by atoms with Gasteiger partial charge in [0, 0.05) is 23.2 Å². The molecule has 0 bridgehead atoms. The second kappa shape index (κ2) is 5.66. The first-order valence-corrected chi connectivity index (χ1v) is 8.27. The van der Waals surface area contributed by atoms with Gasteiger partial charge in [-0.25, -0.2) is 4.98 Å². The van der Waals surface area contributed by atoms with E-state index in [2.05, 4.69) is 25.8 Å². The fraction of sp³-hybridized carbons (Fsp3) is 0.286. The van der Waals surface area contributed by atoms with E-state index in [9.17, 15) is 0 Å². The van der Waals surface area contributed by atoms with Gasteiger partial charge in [-0.3, -0.25) is 0 Å². The molecule has 4 rings (SSSR count). The molecule has 1 fully saturated rings. The Kier molecular flexibility index (Phi) is 3.51. The topological polar surface area (TPSA) is 68.5 Å². The lowest BCUT2D eigenvalue weighted by Crippen LogP contribution is -2.05. The van der Waals surface area contributed by atoms with Crippen molar-refractivity contribution in [3.05, 3.63) is 45.6 Å². The predicted octanol–water partition coefficient (Wildman–Crippen LogP) is 3.26. The van der Waals surface area contributed by atoms with Crippen molar-refractivity contribution in [2.75, 3.05) is 5.32 Å². The molecule has 1 aliphatic rings. The van der Waals surface area contributed by atoms with Gasteiger partial charge in [0.15, 0.2) is 5.82 Å². The Morgan fingerprint density at radius 3 is 3.05 bits per heavy atom. The Morgan fingerprint density at radius 1 is 1.36 bits per heavy atom. The Balaban J connectivity index is 1.61. The SMILES string of the molecule is Clc1ccc(NCc2nccs2)cc1-n1nnnc1C1CC1. The van der Waals surface area contributed by atoms with E-state index < -0.39 is 0 Å². The van der Waals surface area contributed by atoms with Crippen molar-refractivity contribution in [2.45, 2.75) is 25.3 Å². The third-order valence-electron chi connectivity index (χ3n) is 3.54. The highest BCUT2D eigenvalue weighted by Crippen LogP contribution is 2.39. The zero-order chi connectivity index (χ0) is 14.9. The molecule has 1 N–H and O–H groups in total. The molecule has 1 saturated carbocycles. The van der Waals surface area contributed by atoms with E-state index in [1.54, 1.807) is 22.2 Å². The van der Waals surface area contributed by atoms with Crippen LogP contribution in [0.5, 0.6) is 0 Å². The first kappa shape index (κ1) is 13.7. The van der Waals surface area contributed by atoms with Crippen LogP contribution in [0.2, 0.25) is 5.02 Å². The maximum Gasteiger partial charge on any atom is 0.159 e. The fourth-order valence-electron chi connectivity index (χ4n) is 2.26. The largest absolute Gasteiger partial charge is 0.378 e. The van der Waals surface area contributed by atoms with Gasteiger partial charge >= 0.3 is 0 Å². The van der Waals surface area contributed by atoms with Crippen molar-refractivity contribution in [3.63, 3.8) is 0 Å². The van der Waals surface area contributed by atoms with Crippen molar-refractivity contribution in [1.29, 1.82) is 0 Å². The van der Waals surface area contributed by atoms with Crippen LogP contribution in [0.3, 0.4) is 0 Å². The maximum absolute atomic E-state index is 6.33. The van der Waals surface area contributed by atoms with Gasteiger partial charge in [0.05, 0.1) is 17.3 Å². The first-order chi connectivity index (χ1) is 10.8. The van der Waals surface area contributed by atoms with Crippen LogP contribution in [0.1, 0.15) is 29.6 Å². The molecule has 112 valence electrons. The summed E-state index contributed by atoms with van der Waals surface area (Å²) in [5.74, 6) is 1.34. The van der Waals surface area contributed by atoms with E-state index in [1.807, 2.05) is 23.6 Å². The molecule has 8 heteroatoms. The Morgan fingerprint density at radius 2 is 2.27 bits per heavy atom. The van der Waals surface area contributed by atoms with Gasteiger partial charge in [-0.1, -0.05) is 11.6 Å². The summed E-state index contributed by atoms with van der Waals surface area (Å²) in [6, 6.07) is 5.78. The predicted molar refractivity (Wildman–Crippen MR) is 85.6 cm³/mol. The summed E-state index contributed by atoms with van der Waals surface area (Å²) >= 11 is 7.95. The first-order valence-electron chi connectivity index (χ1n) is 7.02. The quantitative estimate of drug-likeness (QED) is 0.776. The highest BCUT2D eigenvalue weighted by molar-refractivity contribution is 7.09. The second-order valence-corrected chi connectivity index (χ2v) is 6.56. The van der Waals surface area contributed by atoms with Gasteiger partial charge in [-0.2, -0.15) is 4.68 Å². The van der Waals surface area contributed by atoms with E-state index in [0.29, 0.717) is 17.5 Å². The molecule has 0 radical (unpaired) electrons. The maximum atomic E-state index is 6.33. The highest BCUT2D eigenvalue weighted by atomic mass is 35.5. The third-order valence-corrected chi connectivity index (χ3v) is 4.64. The van der Waals surface area contributed by atoms with Crippen LogP contribution >= 0.6 is 22.9 Å². The van der Waals surface area contributed by atoms with Gasteiger partial charge in [0.1, 0.15) is 5.01 Å². The van der Waals surface area contributed by atoms with E-state index in [1.165, 1.54) is 0 Å². The molecule has 0 atom stereocenters. The summed E-state index contributed by atoms with van der Waals surface area (Å²) in [7, 11) is 0. The number of hydrogen-bond acceptors (Lipinski definition) is 6. The average Bonchev–Trinajstić information content (AvgIpc) is 3.04. The average molecular weight is 333 g/mol. The zero-order valence-corrected chi connectivity index (χ0v) is 13.2. The number of halogens is 1. The van der Waals surface area contributed by atoms with E-state index in [0.717, 1.165) is 35.0 Å². The van der Waals surface area contributed by atoms with Crippen molar-refractivity contribution in [3.8, 4) is 5.69 Å². The summed E-state index contributed by atoms with van der Waals surface area (Å²) in [6.45, 7) is 0.684. The number of thiazole rings is 1. The van der Waals surface area contributed by atoms with Gasteiger partial charge < -0.3 is 5.32 Å². The summed E-state index contributed by atoms with van der Waals surface area (Å²) < 4.78 is 1.74. The van der Waals surface area contributed by atoms with Crippen LogP contribution < -0.4 is 5.32 Å². The summed E-state index contributed by atoms with van der Waals surface area (Å²) in [5.41, 5.74) is 1.77. The van der Waals surface area contributed by atoms with Crippen LogP contribution in [0.4, 0.5) is 5.69 Å². The smallest absolute Gasteiger partial charge is 0.159 e. The van der Waals surface area contributed by atoms with Crippen LogP contribution in [-0.4, -0.2) is 25.2 Å². The Bertz CT molecular complexity index is 780. The van der Waals surface area contributed by atoms with Crippen molar-refractivity contribution in [1.82, 2.24) is 25.2 Å². The molecule has 0 spiro atoms. The van der Waals surface area contributed by atoms with Gasteiger partial charge in [0.2, 0.25) is 0 Å². The Labute approximate surface area is 136 Å². The minimum absolute atomic E-state index is 0.456. The van der Waals surface area contributed by atoms with E-state index in [-0.39, 0.29) is 0 Å². The van der Waals surface area contributed by atoms with Crippen LogP contribution in [0.15, 0.2) is 29.8 Å². The molecule has 3 aromatic rings. The lowest BCUT2D eigenvalue weighted by atomic mass is 10.2. The number of anilines is 1. The molecular formula is C14H13ClN6S. The van der Waals surface area contributed by atoms with Crippen LogP contribution in [-0.2, 0) is 6.54 Å². The number of benzene rings is 1. The summed E-state index contributed by atoms with van der Waals surface area (Å²) in [6.07, 6.45) is 4.08. The molecular weight excluding hydrogens is 320 g/mol. The lowest BCUT2D eigenvalue weighted by molar-refractivity contribution is 0.763. The van der Waals surface area contributed by atoms with Crippen molar-refractivity contribution >= 4 is 28.6 Å². The molecule has 2 heterocycles. The van der Waals surface area contributed by atoms with Crippen molar-refractivity contribution in [2.24, 2.45) is 0 Å². The zero-order valence-electron chi connectivity index (χ0n) is 11.6. The van der Waals surface area contributed by atoms with E-state index >= 15 is 0 Å². The minimum Gasteiger partial charge on any atom is -0.378 e. The third kappa shape index (κ3) is 2.69. The molecule has 0 saturated heterocycles. The van der Waals surface area contributed by atoms with Gasteiger partial charge in [-0.15, -0.1) is 16.4 Å². The molecule has 1 aliphatic carbocycles. The molecule has 6 nitrogen and oxygen atoms in total. The summed E-state index contributed by atoms with van der Waals surface area (Å²) in [5, 5.41) is 19.0.